The Balaban J connectivity index is 1.00. The molecule has 5 aliphatic rings. The molecule has 1 aromatic carbocycles. The third kappa shape index (κ3) is 7.90. The highest BCUT2D eigenvalue weighted by atomic mass is 79.9. The topological polar surface area (TPSA) is 89.1 Å². The van der Waals surface area contributed by atoms with Crippen molar-refractivity contribution >= 4 is 44.7 Å². The first-order chi connectivity index (χ1) is 23.8. The minimum Gasteiger partial charge on any atom is -0.343 e. The van der Waals surface area contributed by atoms with Crippen LogP contribution in [0, 0.1) is 17.8 Å². The maximum absolute atomic E-state index is 14.3. The Morgan fingerprint density at radius 3 is 2.43 bits per heavy atom. The molecule has 2 aromatic rings. The van der Waals surface area contributed by atoms with E-state index in [0.29, 0.717) is 32.0 Å². The number of likely N-dealkylation sites (tertiary alicyclic amines) is 3. The maximum atomic E-state index is 14.3. The summed E-state index contributed by atoms with van der Waals surface area (Å²) in [5.74, 6) is 1.18. The van der Waals surface area contributed by atoms with Gasteiger partial charge in [0, 0.05) is 61.2 Å². The number of fused-ring (bicyclic) bond motifs is 2. The number of rotatable bonds is 7. The molecule has 2 unspecified atom stereocenters. The van der Waals surface area contributed by atoms with E-state index in [1.807, 2.05) is 26.8 Å². The quantitative estimate of drug-likeness (QED) is 0.390. The number of nitrogens with one attached hydrogen (secondary N) is 1. The summed E-state index contributed by atoms with van der Waals surface area (Å²) in [7, 11) is 2.21. The summed E-state index contributed by atoms with van der Waals surface area (Å²) < 4.78 is 0.906. The highest BCUT2D eigenvalue weighted by Crippen LogP contribution is 2.34. The van der Waals surface area contributed by atoms with E-state index in [1.54, 1.807) is 6.20 Å². The molecule has 7 rings (SSSR count). The highest BCUT2D eigenvalue weighted by Gasteiger charge is 2.37. The van der Waals surface area contributed by atoms with Gasteiger partial charge < -0.3 is 24.9 Å². The van der Waals surface area contributed by atoms with Crippen LogP contribution >= 0.6 is 15.9 Å². The number of nitrogens with zero attached hydrogens (tertiary/aromatic N) is 5. The number of carbonyl (C=O) groups excluding carboxylic acids is 3. The molecule has 9 nitrogen and oxygen atoms in total. The van der Waals surface area contributed by atoms with Gasteiger partial charge in [0.15, 0.2) is 0 Å². The van der Waals surface area contributed by atoms with Gasteiger partial charge in [0.05, 0.1) is 17.5 Å². The van der Waals surface area contributed by atoms with E-state index in [0.717, 1.165) is 78.5 Å². The van der Waals surface area contributed by atoms with E-state index >= 15 is 0 Å². The number of hydrogen-bond donors (Lipinski definition) is 1. The van der Waals surface area contributed by atoms with Crippen LogP contribution in [0.3, 0.4) is 0 Å². The number of allylic oxidation sites excluding steroid dienone is 2. The molecule has 0 radical (unpaired) electrons. The first-order valence-electron chi connectivity index (χ1n) is 18.5. The zero-order chi connectivity index (χ0) is 33.9. The normalized spacial score (nSPS) is 24.0. The molecule has 5 heterocycles. The fourth-order valence-electron chi connectivity index (χ4n) is 8.99. The van der Waals surface area contributed by atoms with Crippen LogP contribution in [0.15, 0.2) is 58.7 Å². The minimum atomic E-state index is -0.423. The summed E-state index contributed by atoms with van der Waals surface area (Å²) in [5, 5.41) is 4.25. The highest BCUT2D eigenvalue weighted by molar-refractivity contribution is 9.10. The third-order valence-corrected chi connectivity index (χ3v) is 12.6. The lowest BCUT2D eigenvalue weighted by molar-refractivity contribution is -0.143. The van der Waals surface area contributed by atoms with Crippen LogP contribution in [-0.2, 0) is 16.0 Å². The number of piperidine rings is 3. The van der Waals surface area contributed by atoms with Crippen molar-refractivity contribution in [3.05, 3.63) is 64.3 Å². The fraction of sp³-hybridized carbons (Fsp3) is 0.590. The summed E-state index contributed by atoms with van der Waals surface area (Å²) in [6.07, 6.45) is 16.7. The number of amides is 4. The molecule has 0 spiro atoms. The van der Waals surface area contributed by atoms with E-state index in [2.05, 4.69) is 68.5 Å². The molecular weight excluding hydrogens is 680 g/mol. The zero-order valence-corrected chi connectivity index (χ0v) is 30.5. The standard InChI is InChI=1S/C39H51BrN6O3/c1-43-16-8-28(9-17-43)29-10-18-45(19-11-29)38(48)32(24-27-23-31-6-4-15-41-37(31)34(40)25-27)26-36(47)44-20-13-33(14-21-44)46-22-12-30-5-2-3-7-35(30)42-39(46)49/h2-6,15,23,25,28-29,32-33,35H,7-14,16-22,24,26H2,1H3,(H,42,49). The summed E-state index contributed by atoms with van der Waals surface area (Å²) >= 11 is 3.70. The second-order valence-electron chi connectivity index (χ2n) is 15.0. The molecular formula is C39H51BrN6O3. The number of pyridine rings is 1. The van der Waals surface area contributed by atoms with Crippen molar-refractivity contribution in [2.24, 2.45) is 17.8 Å². The van der Waals surface area contributed by atoms with Crippen LogP contribution in [0.2, 0.25) is 0 Å². The van der Waals surface area contributed by atoms with Gasteiger partial charge in [-0.05, 0) is 135 Å². The molecule has 262 valence electrons. The van der Waals surface area contributed by atoms with Crippen molar-refractivity contribution < 1.29 is 14.4 Å². The number of aromatic nitrogens is 1. The van der Waals surface area contributed by atoms with Crippen LogP contribution in [0.25, 0.3) is 10.9 Å². The number of benzene rings is 1. The average Bonchev–Trinajstić information content (AvgIpc) is 3.29. The molecule has 0 bridgehead atoms. The summed E-state index contributed by atoms with van der Waals surface area (Å²) in [6, 6.07) is 8.37. The van der Waals surface area contributed by atoms with E-state index in [-0.39, 0.29) is 36.3 Å². The SMILES string of the molecule is CN1CCC(C2CCN(C(=O)C(CC(=O)N3CCC(N4CCC5=CC=CCC5NC4=O)CC3)Cc3cc(Br)c4ncccc4c3)CC2)CC1. The second kappa shape index (κ2) is 15.3. The number of urea groups is 1. The Morgan fingerprint density at radius 1 is 0.959 bits per heavy atom. The van der Waals surface area contributed by atoms with Crippen molar-refractivity contribution in [2.45, 2.75) is 76.3 Å². The van der Waals surface area contributed by atoms with Crippen molar-refractivity contribution in [1.29, 1.82) is 0 Å². The van der Waals surface area contributed by atoms with Gasteiger partial charge in [-0.25, -0.2) is 4.79 Å². The molecule has 10 heteroatoms. The average molecular weight is 732 g/mol. The van der Waals surface area contributed by atoms with Crippen molar-refractivity contribution in [1.82, 2.24) is 29.9 Å². The molecule has 1 aliphatic carbocycles. The van der Waals surface area contributed by atoms with Crippen LogP contribution in [0.1, 0.15) is 63.4 Å². The van der Waals surface area contributed by atoms with E-state index in [1.165, 1.54) is 31.5 Å². The Morgan fingerprint density at radius 2 is 1.67 bits per heavy atom. The van der Waals surface area contributed by atoms with Crippen LogP contribution in [0.5, 0.6) is 0 Å². The molecule has 2 atom stereocenters. The molecule has 4 aliphatic heterocycles. The molecule has 4 amide bonds. The second-order valence-corrected chi connectivity index (χ2v) is 15.9. The largest absolute Gasteiger partial charge is 0.343 e. The number of carbonyl (C=O) groups is 3. The van der Waals surface area contributed by atoms with Gasteiger partial charge in [-0.15, -0.1) is 0 Å². The van der Waals surface area contributed by atoms with Gasteiger partial charge in [-0.2, -0.15) is 0 Å². The van der Waals surface area contributed by atoms with Crippen molar-refractivity contribution in [3.63, 3.8) is 0 Å². The zero-order valence-electron chi connectivity index (χ0n) is 28.9. The monoisotopic (exact) mass is 730 g/mol. The van der Waals surface area contributed by atoms with Gasteiger partial charge in [0.25, 0.3) is 0 Å². The lowest BCUT2D eigenvalue weighted by Crippen LogP contribution is -2.52. The molecule has 49 heavy (non-hydrogen) atoms. The van der Waals surface area contributed by atoms with Crippen molar-refractivity contribution in [3.8, 4) is 0 Å². The van der Waals surface area contributed by atoms with Gasteiger partial charge in [0.1, 0.15) is 0 Å². The van der Waals surface area contributed by atoms with E-state index in [9.17, 15) is 14.4 Å². The van der Waals surface area contributed by atoms with Crippen LogP contribution < -0.4 is 5.32 Å². The third-order valence-electron chi connectivity index (χ3n) is 12.0. The molecule has 1 aromatic heterocycles. The molecule has 4 saturated heterocycles. The Bertz CT molecular complexity index is 1590. The first kappa shape index (κ1) is 34.2. The van der Waals surface area contributed by atoms with Crippen LogP contribution in [0.4, 0.5) is 4.79 Å². The number of halogens is 1. The minimum absolute atomic E-state index is 0.00970. The summed E-state index contributed by atoms with van der Waals surface area (Å²) in [5.41, 5.74) is 3.23. The summed E-state index contributed by atoms with van der Waals surface area (Å²) in [6.45, 7) is 5.83. The van der Waals surface area contributed by atoms with E-state index in [4.69, 9.17) is 0 Å². The van der Waals surface area contributed by atoms with Gasteiger partial charge >= 0.3 is 6.03 Å². The summed E-state index contributed by atoms with van der Waals surface area (Å²) in [4.78, 5) is 54.4. The predicted octanol–water partition coefficient (Wildman–Crippen LogP) is 5.79. The Hall–Kier alpha value is -3.24. The van der Waals surface area contributed by atoms with Crippen LogP contribution in [-0.4, -0.2) is 107 Å². The van der Waals surface area contributed by atoms with E-state index < -0.39 is 5.92 Å². The van der Waals surface area contributed by atoms with Gasteiger partial charge in [-0.3, -0.25) is 14.6 Å². The Labute approximate surface area is 299 Å². The first-order valence-corrected chi connectivity index (χ1v) is 19.3. The number of hydrogen-bond acceptors (Lipinski definition) is 5. The smallest absolute Gasteiger partial charge is 0.318 e. The Kier molecular flexibility index (Phi) is 10.7. The molecule has 4 fully saturated rings. The van der Waals surface area contributed by atoms with Gasteiger partial charge in [-0.1, -0.05) is 24.3 Å². The maximum Gasteiger partial charge on any atom is 0.318 e. The predicted molar refractivity (Wildman–Crippen MR) is 196 cm³/mol. The van der Waals surface area contributed by atoms with Crippen molar-refractivity contribution in [2.75, 3.05) is 52.9 Å². The molecule has 0 saturated carbocycles. The molecule has 1 N–H and O–H groups in total. The fourth-order valence-corrected chi connectivity index (χ4v) is 9.61. The van der Waals surface area contributed by atoms with Gasteiger partial charge in [0.2, 0.25) is 11.8 Å². The lowest BCUT2D eigenvalue weighted by Gasteiger charge is -2.40. The lowest BCUT2D eigenvalue weighted by atomic mass is 9.78.